The van der Waals surface area contributed by atoms with Gasteiger partial charge in [-0.15, -0.1) is 0 Å². The standard InChI is InChI=1S/C19H21NO5/c1-12(2)25-15-10-9-14(11-16(15)24-3)18(21)20-17(19(22)23)13-7-5-4-6-8-13/h4-12,17H,1-3H3,(H,20,21)(H,22,23). The Labute approximate surface area is 146 Å². The first-order valence-corrected chi connectivity index (χ1v) is 7.85. The van der Waals surface area contributed by atoms with Crippen LogP contribution in [0.3, 0.4) is 0 Å². The summed E-state index contributed by atoms with van der Waals surface area (Å²) in [7, 11) is 1.48. The molecule has 25 heavy (non-hydrogen) atoms. The first kappa shape index (κ1) is 18.3. The van der Waals surface area contributed by atoms with Crippen LogP contribution in [0.1, 0.15) is 35.8 Å². The molecule has 1 unspecified atom stereocenters. The van der Waals surface area contributed by atoms with Gasteiger partial charge in [0.2, 0.25) is 0 Å². The van der Waals surface area contributed by atoms with Gasteiger partial charge in [0.15, 0.2) is 17.5 Å². The Morgan fingerprint density at radius 1 is 1.04 bits per heavy atom. The molecule has 1 amide bonds. The molecule has 0 radical (unpaired) electrons. The van der Waals surface area contributed by atoms with Gasteiger partial charge in [0.1, 0.15) is 0 Å². The maximum Gasteiger partial charge on any atom is 0.330 e. The summed E-state index contributed by atoms with van der Waals surface area (Å²) in [6, 6.07) is 12.1. The van der Waals surface area contributed by atoms with E-state index in [9.17, 15) is 14.7 Å². The molecule has 0 saturated carbocycles. The minimum atomic E-state index is -1.13. The van der Waals surface area contributed by atoms with E-state index in [-0.39, 0.29) is 11.7 Å². The van der Waals surface area contributed by atoms with Gasteiger partial charge < -0.3 is 19.9 Å². The van der Waals surface area contributed by atoms with Crippen LogP contribution in [-0.2, 0) is 4.79 Å². The molecule has 1 atom stereocenters. The number of benzene rings is 2. The van der Waals surface area contributed by atoms with Gasteiger partial charge in [-0.25, -0.2) is 4.79 Å². The fourth-order valence-electron chi connectivity index (χ4n) is 2.31. The second-order valence-corrected chi connectivity index (χ2v) is 5.69. The number of carbonyl (C=O) groups is 2. The minimum absolute atomic E-state index is 0.0388. The molecule has 132 valence electrons. The number of ether oxygens (including phenoxy) is 2. The lowest BCUT2D eigenvalue weighted by Crippen LogP contribution is -2.33. The van der Waals surface area contributed by atoms with Gasteiger partial charge >= 0.3 is 5.97 Å². The quantitative estimate of drug-likeness (QED) is 0.807. The Kier molecular flexibility index (Phi) is 6.00. The summed E-state index contributed by atoms with van der Waals surface area (Å²) in [5.74, 6) is -0.711. The average molecular weight is 343 g/mol. The number of carbonyl (C=O) groups excluding carboxylic acids is 1. The van der Waals surface area contributed by atoms with E-state index in [1.165, 1.54) is 13.2 Å². The molecule has 2 N–H and O–H groups in total. The molecular weight excluding hydrogens is 322 g/mol. The van der Waals surface area contributed by atoms with Gasteiger partial charge in [-0.1, -0.05) is 30.3 Å². The van der Waals surface area contributed by atoms with Gasteiger partial charge in [-0.05, 0) is 37.6 Å². The first-order valence-electron chi connectivity index (χ1n) is 7.85. The largest absolute Gasteiger partial charge is 0.493 e. The Bertz CT molecular complexity index is 743. The van der Waals surface area contributed by atoms with E-state index in [2.05, 4.69) is 5.32 Å². The molecule has 0 aliphatic carbocycles. The number of hydrogen-bond donors (Lipinski definition) is 2. The van der Waals surface area contributed by atoms with Crippen LogP contribution in [-0.4, -0.2) is 30.2 Å². The van der Waals surface area contributed by atoms with Crippen molar-refractivity contribution in [2.45, 2.75) is 26.0 Å². The summed E-state index contributed by atoms with van der Waals surface area (Å²) in [4.78, 5) is 24.0. The van der Waals surface area contributed by atoms with E-state index in [1.54, 1.807) is 42.5 Å². The van der Waals surface area contributed by atoms with E-state index in [0.29, 0.717) is 17.1 Å². The average Bonchev–Trinajstić information content (AvgIpc) is 2.59. The molecule has 0 saturated heterocycles. The third kappa shape index (κ3) is 4.73. The summed E-state index contributed by atoms with van der Waals surface area (Å²) in [6.45, 7) is 3.77. The van der Waals surface area contributed by atoms with Gasteiger partial charge in [0, 0.05) is 5.56 Å². The van der Waals surface area contributed by atoms with Crippen molar-refractivity contribution in [3.05, 3.63) is 59.7 Å². The van der Waals surface area contributed by atoms with Crippen molar-refractivity contribution in [3.63, 3.8) is 0 Å². The Morgan fingerprint density at radius 3 is 2.28 bits per heavy atom. The maximum absolute atomic E-state index is 12.5. The number of methoxy groups -OCH3 is 1. The van der Waals surface area contributed by atoms with Crippen molar-refractivity contribution in [2.75, 3.05) is 7.11 Å². The topological polar surface area (TPSA) is 84.9 Å². The Balaban J connectivity index is 2.23. The summed E-state index contributed by atoms with van der Waals surface area (Å²) in [5, 5.41) is 11.9. The smallest absolute Gasteiger partial charge is 0.330 e. The molecular formula is C19H21NO5. The summed E-state index contributed by atoms with van der Waals surface area (Å²) in [6.07, 6.45) is -0.0388. The number of aliphatic carboxylic acids is 1. The fourth-order valence-corrected chi connectivity index (χ4v) is 2.31. The number of carboxylic acid groups (broad SMARTS) is 1. The molecule has 2 aromatic carbocycles. The van der Waals surface area contributed by atoms with Crippen LogP contribution in [0.5, 0.6) is 11.5 Å². The number of hydrogen-bond acceptors (Lipinski definition) is 4. The van der Waals surface area contributed by atoms with Crippen LogP contribution in [0, 0.1) is 0 Å². The van der Waals surface area contributed by atoms with Crippen LogP contribution >= 0.6 is 0 Å². The predicted octanol–water partition coefficient (Wildman–Crippen LogP) is 3.04. The molecule has 2 rings (SSSR count). The van der Waals surface area contributed by atoms with Crippen molar-refractivity contribution in [1.82, 2.24) is 5.32 Å². The molecule has 0 bridgehead atoms. The van der Waals surface area contributed by atoms with Crippen molar-refractivity contribution in [1.29, 1.82) is 0 Å². The molecule has 0 fully saturated rings. The highest BCUT2D eigenvalue weighted by Crippen LogP contribution is 2.29. The van der Waals surface area contributed by atoms with E-state index >= 15 is 0 Å². The van der Waals surface area contributed by atoms with Crippen LogP contribution < -0.4 is 14.8 Å². The summed E-state index contributed by atoms with van der Waals surface area (Å²) in [5.41, 5.74) is 0.783. The second-order valence-electron chi connectivity index (χ2n) is 5.69. The highest BCUT2D eigenvalue weighted by Gasteiger charge is 2.23. The molecule has 0 heterocycles. The summed E-state index contributed by atoms with van der Waals surface area (Å²) < 4.78 is 10.9. The third-order valence-electron chi connectivity index (χ3n) is 3.44. The zero-order chi connectivity index (χ0) is 18.4. The molecule has 0 aliphatic rings. The predicted molar refractivity (Wildman–Crippen MR) is 93.0 cm³/mol. The van der Waals surface area contributed by atoms with E-state index in [1.807, 2.05) is 13.8 Å². The SMILES string of the molecule is COc1cc(C(=O)NC(C(=O)O)c2ccccc2)ccc1OC(C)C. The third-order valence-corrected chi connectivity index (χ3v) is 3.44. The van der Waals surface area contributed by atoms with Gasteiger partial charge in [0.25, 0.3) is 5.91 Å². The zero-order valence-electron chi connectivity index (χ0n) is 14.4. The lowest BCUT2D eigenvalue weighted by atomic mass is 10.1. The fraction of sp³-hybridized carbons (Fsp3) is 0.263. The van der Waals surface area contributed by atoms with Crippen LogP contribution in [0.4, 0.5) is 0 Å². The van der Waals surface area contributed by atoms with Crippen molar-refractivity contribution < 1.29 is 24.2 Å². The van der Waals surface area contributed by atoms with Crippen molar-refractivity contribution >= 4 is 11.9 Å². The van der Waals surface area contributed by atoms with Gasteiger partial charge in [-0.2, -0.15) is 0 Å². The van der Waals surface area contributed by atoms with E-state index < -0.39 is 17.9 Å². The number of amides is 1. The molecule has 6 nitrogen and oxygen atoms in total. The van der Waals surface area contributed by atoms with Gasteiger partial charge in [0.05, 0.1) is 13.2 Å². The van der Waals surface area contributed by atoms with Crippen LogP contribution in [0.2, 0.25) is 0 Å². The highest BCUT2D eigenvalue weighted by molar-refractivity contribution is 5.97. The van der Waals surface area contributed by atoms with E-state index in [0.717, 1.165) is 0 Å². The number of rotatable bonds is 7. The second kappa shape index (κ2) is 8.19. The normalized spacial score (nSPS) is 11.7. The van der Waals surface area contributed by atoms with Crippen molar-refractivity contribution in [3.8, 4) is 11.5 Å². The van der Waals surface area contributed by atoms with E-state index in [4.69, 9.17) is 9.47 Å². The zero-order valence-corrected chi connectivity index (χ0v) is 14.4. The van der Waals surface area contributed by atoms with Crippen molar-refractivity contribution in [2.24, 2.45) is 0 Å². The molecule has 0 spiro atoms. The summed E-state index contributed by atoms with van der Waals surface area (Å²) >= 11 is 0. The lowest BCUT2D eigenvalue weighted by Gasteiger charge is -2.17. The molecule has 6 heteroatoms. The van der Waals surface area contributed by atoms with Crippen LogP contribution in [0.25, 0.3) is 0 Å². The highest BCUT2D eigenvalue weighted by atomic mass is 16.5. The van der Waals surface area contributed by atoms with Crippen LogP contribution in [0.15, 0.2) is 48.5 Å². The number of nitrogens with one attached hydrogen (secondary N) is 1. The number of carboxylic acids is 1. The molecule has 0 aliphatic heterocycles. The Hall–Kier alpha value is -3.02. The monoisotopic (exact) mass is 343 g/mol. The molecule has 2 aromatic rings. The van der Waals surface area contributed by atoms with Gasteiger partial charge in [-0.3, -0.25) is 4.79 Å². The molecule has 0 aromatic heterocycles. The lowest BCUT2D eigenvalue weighted by molar-refractivity contribution is -0.139. The maximum atomic E-state index is 12.5. The first-order chi connectivity index (χ1) is 11.9. The minimum Gasteiger partial charge on any atom is -0.493 e. The Morgan fingerprint density at radius 2 is 1.72 bits per heavy atom.